The molecule has 0 aliphatic carbocycles. The smallest absolute Gasteiger partial charge is 0.295 e. The van der Waals surface area contributed by atoms with Crippen LogP contribution in [-0.2, 0) is 14.3 Å². The number of amides is 1. The lowest BCUT2D eigenvalue weighted by Gasteiger charge is -2.27. The number of methoxy groups -OCH3 is 1. The first kappa shape index (κ1) is 21.5. The minimum atomic E-state index is -0.887. The Morgan fingerprint density at radius 1 is 1.19 bits per heavy atom. The first-order chi connectivity index (χ1) is 15.4. The molecule has 2 aromatic rings. The monoisotopic (exact) mass is 438 g/mol. The standard InChI is InChI=1S/C23H22N2O7/c1-31-17-10-6-15(7-11-17)21(26)19-20(14-4-8-16(9-5-14)25(29)30)24(23(28)22(19)27)13-18-3-2-12-32-18/h4-11,18,20,26H,2-3,12-13H2,1H3/b21-19-. The van der Waals surface area contributed by atoms with E-state index in [0.717, 1.165) is 12.8 Å². The Labute approximate surface area is 184 Å². The quantitative estimate of drug-likeness (QED) is 0.242. The Kier molecular flexibility index (Phi) is 5.91. The number of aliphatic hydroxyl groups is 1. The third kappa shape index (κ3) is 3.94. The van der Waals surface area contributed by atoms with Crippen LogP contribution in [0, 0.1) is 10.1 Å². The second kappa shape index (κ2) is 8.80. The van der Waals surface area contributed by atoms with Gasteiger partial charge in [0.15, 0.2) is 0 Å². The molecule has 2 atom stereocenters. The summed E-state index contributed by atoms with van der Waals surface area (Å²) < 4.78 is 10.8. The lowest BCUT2D eigenvalue weighted by atomic mass is 9.95. The lowest BCUT2D eigenvalue weighted by molar-refractivity contribution is -0.384. The molecule has 1 N–H and O–H groups in total. The van der Waals surface area contributed by atoms with Gasteiger partial charge in [0.2, 0.25) is 0 Å². The SMILES string of the molecule is COc1ccc(/C(O)=C2/C(=O)C(=O)N(CC3CCCO3)C2c2ccc([N+](=O)[O-])cc2)cc1. The van der Waals surface area contributed by atoms with Crippen LogP contribution in [-0.4, -0.2) is 53.0 Å². The zero-order valence-corrected chi connectivity index (χ0v) is 17.4. The van der Waals surface area contributed by atoms with Gasteiger partial charge in [0.05, 0.1) is 29.8 Å². The molecule has 2 heterocycles. The molecule has 32 heavy (non-hydrogen) atoms. The molecule has 1 amide bonds. The van der Waals surface area contributed by atoms with Crippen molar-refractivity contribution >= 4 is 23.1 Å². The van der Waals surface area contributed by atoms with Crippen molar-refractivity contribution in [3.8, 4) is 5.75 Å². The molecule has 0 saturated carbocycles. The zero-order valence-electron chi connectivity index (χ0n) is 17.4. The highest BCUT2D eigenvalue weighted by Crippen LogP contribution is 2.40. The number of carbonyl (C=O) groups is 2. The van der Waals surface area contributed by atoms with Crippen molar-refractivity contribution in [3.63, 3.8) is 0 Å². The number of carbonyl (C=O) groups excluding carboxylic acids is 2. The number of benzene rings is 2. The number of aliphatic hydroxyl groups excluding tert-OH is 1. The molecule has 0 bridgehead atoms. The van der Waals surface area contributed by atoms with Gasteiger partial charge in [-0.15, -0.1) is 0 Å². The second-order valence-electron chi connectivity index (χ2n) is 7.66. The molecule has 9 nitrogen and oxygen atoms in total. The van der Waals surface area contributed by atoms with Crippen LogP contribution in [0.1, 0.15) is 30.0 Å². The van der Waals surface area contributed by atoms with Crippen molar-refractivity contribution in [2.75, 3.05) is 20.3 Å². The van der Waals surface area contributed by atoms with Gasteiger partial charge < -0.3 is 19.5 Å². The zero-order chi connectivity index (χ0) is 22.8. The number of rotatable bonds is 6. The van der Waals surface area contributed by atoms with Crippen LogP contribution < -0.4 is 4.74 Å². The second-order valence-corrected chi connectivity index (χ2v) is 7.66. The average molecular weight is 438 g/mol. The van der Waals surface area contributed by atoms with Gasteiger partial charge in [-0.05, 0) is 54.8 Å². The van der Waals surface area contributed by atoms with E-state index in [1.54, 1.807) is 24.3 Å². The van der Waals surface area contributed by atoms with E-state index < -0.39 is 22.7 Å². The number of nitro groups is 1. The number of non-ortho nitro benzene ring substituents is 1. The Bertz CT molecular complexity index is 1070. The van der Waals surface area contributed by atoms with E-state index in [2.05, 4.69) is 0 Å². The molecule has 2 unspecified atom stereocenters. The van der Waals surface area contributed by atoms with Gasteiger partial charge in [-0.25, -0.2) is 0 Å². The molecule has 166 valence electrons. The predicted molar refractivity (Wildman–Crippen MR) is 114 cm³/mol. The molecular weight excluding hydrogens is 416 g/mol. The molecule has 2 aliphatic rings. The molecule has 2 aromatic carbocycles. The third-order valence-corrected chi connectivity index (χ3v) is 5.75. The van der Waals surface area contributed by atoms with Crippen LogP contribution in [0.25, 0.3) is 5.76 Å². The van der Waals surface area contributed by atoms with E-state index in [4.69, 9.17) is 9.47 Å². The average Bonchev–Trinajstić information content (AvgIpc) is 3.41. The Morgan fingerprint density at radius 2 is 1.88 bits per heavy atom. The summed E-state index contributed by atoms with van der Waals surface area (Å²) in [5, 5.41) is 22.1. The minimum Gasteiger partial charge on any atom is -0.507 e. The molecular formula is C23H22N2O7. The maximum atomic E-state index is 13.0. The number of nitro benzene ring substituents is 1. The van der Waals surface area contributed by atoms with Crippen LogP contribution >= 0.6 is 0 Å². The third-order valence-electron chi connectivity index (χ3n) is 5.75. The fourth-order valence-corrected chi connectivity index (χ4v) is 4.11. The summed E-state index contributed by atoms with van der Waals surface area (Å²) in [6.07, 6.45) is 1.41. The maximum Gasteiger partial charge on any atom is 0.295 e. The molecule has 2 aliphatic heterocycles. The molecule has 0 aromatic heterocycles. The van der Waals surface area contributed by atoms with E-state index in [-0.39, 0.29) is 29.7 Å². The van der Waals surface area contributed by atoms with E-state index >= 15 is 0 Å². The van der Waals surface area contributed by atoms with Crippen LogP contribution in [0.3, 0.4) is 0 Å². The predicted octanol–water partition coefficient (Wildman–Crippen LogP) is 3.20. The number of hydrogen-bond donors (Lipinski definition) is 1. The highest BCUT2D eigenvalue weighted by atomic mass is 16.6. The minimum absolute atomic E-state index is 0.0629. The van der Waals surface area contributed by atoms with Gasteiger partial charge in [-0.2, -0.15) is 0 Å². The van der Waals surface area contributed by atoms with E-state index in [1.165, 1.54) is 36.3 Å². The Hall–Kier alpha value is -3.72. The van der Waals surface area contributed by atoms with Crippen molar-refractivity contribution < 1.29 is 29.1 Å². The summed E-state index contributed by atoms with van der Waals surface area (Å²) in [5.41, 5.74) is 0.669. The number of ketones is 1. The summed E-state index contributed by atoms with van der Waals surface area (Å²) in [5.74, 6) is -1.28. The molecule has 9 heteroatoms. The summed E-state index contributed by atoms with van der Waals surface area (Å²) in [6, 6.07) is 11.2. The van der Waals surface area contributed by atoms with Gasteiger partial charge in [-0.3, -0.25) is 19.7 Å². The highest BCUT2D eigenvalue weighted by Gasteiger charge is 2.47. The summed E-state index contributed by atoms with van der Waals surface area (Å²) in [4.78, 5) is 37.9. The number of Topliss-reactive ketones (excluding diaryl/α,β-unsaturated/α-hetero) is 1. The van der Waals surface area contributed by atoms with Crippen molar-refractivity contribution in [1.82, 2.24) is 4.90 Å². The summed E-state index contributed by atoms with van der Waals surface area (Å²) in [7, 11) is 1.51. The number of nitrogens with zero attached hydrogens (tertiary/aromatic N) is 2. The van der Waals surface area contributed by atoms with Crippen LogP contribution in [0.2, 0.25) is 0 Å². The first-order valence-electron chi connectivity index (χ1n) is 10.2. The number of likely N-dealkylation sites (tertiary alicyclic amines) is 1. The topological polar surface area (TPSA) is 119 Å². The molecule has 0 radical (unpaired) electrons. The molecule has 0 spiro atoms. The largest absolute Gasteiger partial charge is 0.507 e. The van der Waals surface area contributed by atoms with Gasteiger partial charge >= 0.3 is 0 Å². The maximum absolute atomic E-state index is 13.0. The fourth-order valence-electron chi connectivity index (χ4n) is 4.11. The number of hydrogen-bond acceptors (Lipinski definition) is 7. The normalized spacial score (nSPS) is 22.3. The van der Waals surface area contributed by atoms with Gasteiger partial charge in [0, 0.05) is 30.8 Å². The Balaban J connectivity index is 1.80. The fraction of sp³-hybridized carbons (Fsp3) is 0.304. The van der Waals surface area contributed by atoms with Crippen molar-refractivity contribution in [3.05, 3.63) is 75.3 Å². The van der Waals surface area contributed by atoms with E-state index in [9.17, 15) is 24.8 Å². The van der Waals surface area contributed by atoms with Crippen LogP contribution in [0.15, 0.2) is 54.1 Å². The van der Waals surface area contributed by atoms with Crippen molar-refractivity contribution in [2.24, 2.45) is 0 Å². The summed E-state index contributed by atoms with van der Waals surface area (Å²) in [6.45, 7) is 0.772. The van der Waals surface area contributed by atoms with Crippen LogP contribution in [0.4, 0.5) is 5.69 Å². The van der Waals surface area contributed by atoms with E-state index in [1.807, 2.05) is 0 Å². The number of ether oxygens (including phenoxy) is 2. The van der Waals surface area contributed by atoms with Gasteiger partial charge in [0.25, 0.3) is 17.4 Å². The van der Waals surface area contributed by atoms with Gasteiger partial charge in [-0.1, -0.05) is 0 Å². The van der Waals surface area contributed by atoms with Crippen molar-refractivity contribution in [2.45, 2.75) is 25.0 Å². The highest BCUT2D eigenvalue weighted by molar-refractivity contribution is 6.46. The molecule has 2 fully saturated rings. The van der Waals surface area contributed by atoms with Crippen LogP contribution in [0.5, 0.6) is 5.75 Å². The molecule has 2 saturated heterocycles. The van der Waals surface area contributed by atoms with Gasteiger partial charge in [0.1, 0.15) is 11.5 Å². The first-order valence-corrected chi connectivity index (χ1v) is 10.2. The summed E-state index contributed by atoms with van der Waals surface area (Å²) >= 11 is 0. The Morgan fingerprint density at radius 3 is 2.44 bits per heavy atom. The lowest BCUT2D eigenvalue weighted by Crippen LogP contribution is -2.36. The molecule has 4 rings (SSSR count). The van der Waals surface area contributed by atoms with Crippen molar-refractivity contribution in [1.29, 1.82) is 0 Å². The van der Waals surface area contributed by atoms with E-state index in [0.29, 0.717) is 23.5 Å².